The molecule has 0 radical (unpaired) electrons. The van der Waals surface area contributed by atoms with Crippen LogP contribution in [0.2, 0.25) is 10.3 Å². The molecule has 0 aromatic carbocycles. The van der Waals surface area contributed by atoms with Crippen molar-refractivity contribution in [1.82, 2.24) is 9.88 Å². The summed E-state index contributed by atoms with van der Waals surface area (Å²) in [6.45, 7) is 3.33. The molecule has 104 valence electrons. The van der Waals surface area contributed by atoms with E-state index in [2.05, 4.69) is 4.98 Å². The lowest BCUT2D eigenvalue weighted by molar-refractivity contribution is -0.138. The van der Waals surface area contributed by atoms with Gasteiger partial charge in [0, 0.05) is 13.1 Å². The quantitative estimate of drug-likeness (QED) is 0.806. The molecule has 0 saturated carbocycles. The van der Waals surface area contributed by atoms with Crippen LogP contribution in [0.4, 0.5) is 0 Å². The van der Waals surface area contributed by atoms with Crippen molar-refractivity contribution in [2.24, 2.45) is 0 Å². The SMILES string of the molecule is CC(Oc1ccc(Cl)nc1Cl)C(=O)N1CCCCC1. The highest BCUT2D eigenvalue weighted by atomic mass is 35.5. The maximum atomic E-state index is 12.2. The zero-order valence-electron chi connectivity index (χ0n) is 10.7. The van der Waals surface area contributed by atoms with Gasteiger partial charge in [-0.15, -0.1) is 0 Å². The Morgan fingerprint density at radius 3 is 2.63 bits per heavy atom. The second kappa shape index (κ2) is 6.44. The third-order valence-electron chi connectivity index (χ3n) is 3.10. The molecule has 1 fully saturated rings. The molecule has 1 aliphatic rings. The number of hydrogen-bond donors (Lipinski definition) is 0. The van der Waals surface area contributed by atoms with Crippen molar-refractivity contribution in [1.29, 1.82) is 0 Å². The molecule has 0 N–H and O–H groups in total. The summed E-state index contributed by atoms with van der Waals surface area (Å²) in [4.78, 5) is 17.9. The smallest absolute Gasteiger partial charge is 0.263 e. The Morgan fingerprint density at radius 1 is 1.32 bits per heavy atom. The Morgan fingerprint density at radius 2 is 2.00 bits per heavy atom. The van der Waals surface area contributed by atoms with Gasteiger partial charge in [-0.05, 0) is 38.3 Å². The predicted octanol–water partition coefficient (Wildman–Crippen LogP) is 3.17. The van der Waals surface area contributed by atoms with E-state index in [0.717, 1.165) is 25.9 Å². The van der Waals surface area contributed by atoms with Gasteiger partial charge in [-0.3, -0.25) is 4.79 Å². The number of amides is 1. The van der Waals surface area contributed by atoms with Gasteiger partial charge >= 0.3 is 0 Å². The first-order chi connectivity index (χ1) is 9.08. The molecule has 1 saturated heterocycles. The monoisotopic (exact) mass is 302 g/mol. The number of carbonyl (C=O) groups is 1. The van der Waals surface area contributed by atoms with Gasteiger partial charge < -0.3 is 9.64 Å². The highest BCUT2D eigenvalue weighted by Gasteiger charge is 2.24. The molecular weight excluding hydrogens is 287 g/mol. The number of nitrogens with zero attached hydrogens (tertiary/aromatic N) is 2. The van der Waals surface area contributed by atoms with Crippen LogP contribution in [0.1, 0.15) is 26.2 Å². The van der Waals surface area contributed by atoms with Gasteiger partial charge in [0.1, 0.15) is 5.15 Å². The standard InChI is InChI=1S/C13H16Cl2N2O2/c1-9(13(18)17-7-3-2-4-8-17)19-10-5-6-11(14)16-12(10)15/h5-6,9H,2-4,7-8H2,1H3. The fourth-order valence-electron chi connectivity index (χ4n) is 2.10. The van der Waals surface area contributed by atoms with E-state index in [1.54, 1.807) is 19.1 Å². The Hall–Kier alpha value is -1.00. The fraction of sp³-hybridized carbons (Fsp3) is 0.538. The lowest BCUT2D eigenvalue weighted by atomic mass is 10.1. The summed E-state index contributed by atoms with van der Waals surface area (Å²) >= 11 is 11.6. The zero-order valence-corrected chi connectivity index (χ0v) is 12.2. The molecule has 1 aliphatic heterocycles. The molecular formula is C13H16Cl2N2O2. The normalized spacial score (nSPS) is 17.1. The molecule has 2 rings (SSSR count). The molecule has 4 nitrogen and oxygen atoms in total. The van der Waals surface area contributed by atoms with E-state index in [1.807, 2.05) is 4.90 Å². The van der Waals surface area contributed by atoms with Crippen molar-refractivity contribution in [3.05, 3.63) is 22.4 Å². The van der Waals surface area contributed by atoms with Gasteiger partial charge in [0.05, 0.1) is 0 Å². The van der Waals surface area contributed by atoms with Crippen molar-refractivity contribution < 1.29 is 9.53 Å². The Balaban J connectivity index is 1.99. The van der Waals surface area contributed by atoms with Gasteiger partial charge in [0.15, 0.2) is 17.0 Å². The van der Waals surface area contributed by atoms with E-state index >= 15 is 0 Å². The second-order valence-corrected chi connectivity index (χ2v) is 5.31. The number of carbonyl (C=O) groups excluding carboxylic acids is 1. The number of pyridine rings is 1. The molecule has 1 unspecified atom stereocenters. The van der Waals surface area contributed by atoms with Crippen LogP contribution >= 0.6 is 23.2 Å². The summed E-state index contributed by atoms with van der Waals surface area (Å²) in [5.74, 6) is 0.370. The van der Waals surface area contributed by atoms with E-state index < -0.39 is 6.10 Å². The third-order valence-corrected chi connectivity index (χ3v) is 3.58. The summed E-state index contributed by atoms with van der Waals surface area (Å²) in [6.07, 6.45) is 2.73. The van der Waals surface area contributed by atoms with E-state index in [4.69, 9.17) is 27.9 Å². The molecule has 0 aliphatic carbocycles. The van der Waals surface area contributed by atoms with Gasteiger partial charge in [0.2, 0.25) is 0 Å². The molecule has 0 bridgehead atoms. The second-order valence-electron chi connectivity index (χ2n) is 4.57. The number of likely N-dealkylation sites (tertiary alicyclic amines) is 1. The molecule has 6 heteroatoms. The summed E-state index contributed by atoms with van der Waals surface area (Å²) in [6, 6.07) is 3.21. The highest BCUT2D eigenvalue weighted by molar-refractivity contribution is 6.33. The van der Waals surface area contributed by atoms with Crippen LogP contribution < -0.4 is 4.74 Å². The first kappa shape index (κ1) is 14.4. The summed E-state index contributed by atoms with van der Waals surface area (Å²) in [5, 5.41) is 0.471. The van der Waals surface area contributed by atoms with Crippen molar-refractivity contribution in [3.8, 4) is 5.75 Å². The molecule has 1 amide bonds. The van der Waals surface area contributed by atoms with Crippen molar-refractivity contribution in [2.45, 2.75) is 32.3 Å². The summed E-state index contributed by atoms with van der Waals surface area (Å²) < 4.78 is 5.57. The number of piperidine rings is 1. The van der Waals surface area contributed by atoms with Crippen molar-refractivity contribution >= 4 is 29.1 Å². The molecule has 1 atom stereocenters. The van der Waals surface area contributed by atoms with E-state index in [-0.39, 0.29) is 11.1 Å². The minimum absolute atomic E-state index is 0.00860. The topological polar surface area (TPSA) is 42.4 Å². The Kier molecular flexibility index (Phi) is 4.88. The minimum Gasteiger partial charge on any atom is -0.478 e. The zero-order chi connectivity index (χ0) is 13.8. The average Bonchev–Trinajstić information content (AvgIpc) is 2.42. The number of ether oxygens (including phenoxy) is 1. The van der Waals surface area contributed by atoms with E-state index in [1.165, 1.54) is 6.42 Å². The number of aromatic nitrogens is 1. The van der Waals surface area contributed by atoms with Gasteiger partial charge in [-0.1, -0.05) is 23.2 Å². The number of hydrogen-bond acceptors (Lipinski definition) is 3. The van der Waals surface area contributed by atoms with Crippen LogP contribution in [0.15, 0.2) is 12.1 Å². The Bertz CT molecular complexity index is 462. The van der Waals surface area contributed by atoms with Crippen LogP contribution in [-0.4, -0.2) is 35.0 Å². The summed E-state index contributed by atoms with van der Waals surface area (Å²) in [5.41, 5.74) is 0. The maximum absolute atomic E-state index is 12.2. The highest BCUT2D eigenvalue weighted by Crippen LogP contribution is 2.25. The van der Waals surface area contributed by atoms with Crippen LogP contribution in [0, 0.1) is 0 Å². The molecule has 2 heterocycles. The van der Waals surface area contributed by atoms with Crippen LogP contribution in [0.5, 0.6) is 5.75 Å². The largest absolute Gasteiger partial charge is 0.478 e. The van der Waals surface area contributed by atoms with Gasteiger partial charge in [-0.2, -0.15) is 0 Å². The number of rotatable bonds is 3. The van der Waals surface area contributed by atoms with Crippen LogP contribution in [0.25, 0.3) is 0 Å². The van der Waals surface area contributed by atoms with Crippen molar-refractivity contribution in [2.75, 3.05) is 13.1 Å². The molecule has 1 aromatic rings. The molecule has 1 aromatic heterocycles. The third kappa shape index (κ3) is 3.74. The summed E-state index contributed by atoms with van der Waals surface area (Å²) in [7, 11) is 0. The van der Waals surface area contributed by atoms with Crippen molar-refractivity contribution in [3.63, 3.8) is 0 Å². The minimum atomic E-state index is -0.571. The lowest BCUT2D eigenvalue weighted by Gasteiger charge is -2.29. The van der Waals surface area contributed by atoms with Crippen LogP contribution in [0.3, 0.4) is 0 Å². The van der Waals surface area contributed by atoms with Gasteiger partial charge in [0.25, 0.3) is 5.91 Å². The van der Waals surface area contributed by atoms with E-state index in [9.17, 15) is 4.79 Å². The fourth-order valence-corrected chi connectivity index (χ4v) is 2.49. The lowest BCUT2D eigenvalue weighted by Crippen LogP contribution is -2.43. The Labute approximate surface area is 122 Å². The van der Waals surface area contributed by atoms with Gasteiger partial charge in [-0.25, -0.2) is 4.98 Å². The van der Waals surface area contributed by atoms with E-state index in [0.29, 0.717) is 10.9 Å². The van der Waals surface area contributed by atoms with Crippen LogP contribution in [-0.2, 0) is 4.79 Å². The number of halogens is 2. The average molecular weight is 303 g/mol. The predicted molar refractivity (Wildman–Crippen MR) is 74.8 cm³/mol. The first-order valence-corrected chi connectivity index (χ1v) is 7.11. The maximum Gasteiger partial charge on any atom is 0.263 e. The molecule has 19 heavy (non-hydrogen) atoms. The first-order valence-electron chi connectivity index (χ1n) is 6.35. The molecule has 0 spiro atoms.